The highest BCUT2D eigenvalue weighted by Crippen LogP contribution is 2.17. The molecule has 0 amide bonds. The highest BCUT2D eigenvalue weighted by molar-refractivity contribution is 4.73. The molecule has 0 fully saturated rings. The minimum absolute atomic E-state index is 0.423. The summed E-state index contributed by atoms with van der Waals surface area (Å²) in [4.78, 5) is 0. The maximum atomic E-state index is 3.57. The maximum absolute atomic E-state index is 3.57. The van der Waals surface area contributed by atoms with Gasteiger partial charge in [0.2, 0.25) is 0 Å². The van der Waals surface area contributed by atoms with Crippen molar-refractivity contribution in [2.45, 2.75) is 60.0 Å². The molecule has 0 radical (unpaired) electrons. The molecule has 0 aromatic rings. The number of nitrogens with one attached hydrogen (secondary N) is 2. The number of hydrogen-bond acceptors (Lipinski definition) is 2. The second-order valence-corrected chi connectivity index (χ2v) is 5.36. The second kappa shape index (κ2) is 6.41. The van der Waals surface area contributed by atoms with E-state index in [1.165, 1.54) is 6.42 Å². The molecule has 0 aliphatic heterocycles. The van der Waals surface area contributed by atoms with E-state index >= 15 is 0 Å². The molecule has 0 aromatic heterocycles. The summed E-state index contributed by atoms with van der Waals surface area (Å²) < 4.78 is 0. The van der Waals surface area contributed by atoms with E-state index in [1.54, 1.807) is 0 Å². The smallest absolute Gasteiger partial charge is 0.0164 e. The van der Waals surface area contributed by atoms with Crippen LogP contribution in [0.15, 0.2) is 0 Å². The van der Waals surface area contributed by atoms with Gasteiger partial charge in [0, 0.05) is 25.2 Å². The molecule has 0 aliphatic rings. The highest BCUT2D eigenvalue weighted by Gasteiger charge is 2.15. The van der Waals surface area contributed by atoms with E-state index in [-0.39, 0.29) is 0 Å². The molecule has 0 saturated heterocycles. The van der Waals surface area contributed by atoms with Crippen LogP contribution in [0.5, 0.6) is 0 Å². The van der Waals surface area contributed by atoms with Crippen LogP contribution in [0.4, 0.5) is 0 Å². The van der Waals surface area contributed by atoms with Crippen LogP contribution in [0.3, 0.4) is 0 Å². The summed E-state index contributed by atoms with van der Waals surface area (Å²) in [5, 5.41) is 7.00. The van der Waals surface area contributed by atoms with Crippen molar-refractivity contribution in [3.8, 4) is 0 Å². The quantitative estimate of drug-likeness (QED) is 0.659. The van der Waals surface area contributed by atoms with Crippen molar-refractivity contribution in [1.29, 1.82) is 0 Å². The molecule has 0 heterocycles. The average molecular weight is 200 g/mol. The summed E-state index contributed by atoms with van der Waals surface area (Å²) in [5.74, 6) is 0. The van der Waals surface area contributed by atoms with Crippen LogP contribution in [-0.4, -0.2) is 25.2 Å². The Morgan fingerprint density at radius 1 is 1.07 bits per heavy atom. The van der Waals surface area contributed by atoms with Crippen LogP contribution in [-0.2, 0) is 0 Å². The van der Waals surface area contributed by atoms with E-state index in [9.17, 15) is 0 Å². The molecule has 0 rings (SSSR count). The van der Waals surface area contributed by atoms with Gasteiger partial charge in [-0.2, -0.15) is 0 Å². The van der Waals surface area contributed by atoms with Crippen molar-refractivity contribution < 1.29 is 0 Å². The first kappa shape index (κ1) is 13.9. The van der Waals surface area contributed by atoms with Crippen molar-refractivity contribution >= 4 is 0 Å². The summed E-state index contributed by atoms with van der Waals surface area (Å²) in [6, 6.07) is 1.14. The molecule has 0 aliphatic carbocycles. The Kier molecular flexibility index (Phi) is 6.38. The molecule has 2 N–H and O–H groups in total. The Morgan fingerprint density at radius 3 is 2.07 bits per heavy atom. The zero-order valence-electron chi connectivity index (χ0n) is 10.8. The van der Waals surface area contributed by atoms with Gasteiger partial charge >= 0.3 is 0 Å². The first-order valence-corrected chi connectivity index (χ1v) is 5.84. The van der Waals surface area contributed by atoms with Crippen molar-refractivity contribution in [2.75, 3.05) is 13.1 Å². The van der Waals surface area contributed by atoms with Crippen LogP contribution >= 0.6 is 0 Å². The van der Waals surface area contributed by atoms with Gasteiger partial charge in [0.05, 0.1) is 0 Å². The second-order valence-electron chi connectivity index (χ2n) is 5.36. The standard InChI is InChI=1S/C12H28N2/c1-7-12(5,6)9-14-11(4)8-13-10(2)3/h10-11,13-14H,7-9H2,1-6H3. The summed E-state index contributed by atoms with van der Waals surface area (Å²) in [6.07, 6.45) is 1.23. The average Bonchev–Trinajstić information content (AvgIpc) is 2.11. The van der Waals surface area contributed by atoms with Gasteiger partial charge in [-0.15, -0.1) is 0 Å². The summed E-state index contributed by atoms with van der Waals surface area (Å²) in [5.41, 5.74) is 0.423. The van der Waals surface area contributed by atoms with Crippen molar-refractivity contribution in [3.05, 3.63) is 0 Å². The predicted octanol–water partition coefficient (Wildman–Crippen LogP) is 2.40. The summed E-state index contributed by atoms with van der Waals surface area (Å²) in [7, 11) is 0. The van der Waals surface area contributed by atoms with Crippen LogP contribution in [0, 0.1) is 5.41 Å². The highest BCUT2D eigenvalue weighted by atomic mass is 15.0. The van der Waals surface area contributed by atoms with Crippen molar-refractivity contribution in [2.24, 2.45) is 5.41 Å². The fourth-order valence-electron chi connectivity index (χ4n) is 1.06. The molecule has 0 spiro atoms. The lowest BCUT2D eigenvalue weighted by molar-refractivity contribution is 0.308. The predicted molar refractivity (Wildman–Crippen MR) is 64.7 cm³/mol. The molecule has 2 nitrogen and oxygen atoms in total. The molecular formula is C12H28N2. The van der Waals surface area contributed by atoms with E-state index in [0.717, 1.165) is 13.1 Å². The van der Waals surface area contributed by atoms with Crippen molar-refractivity contribution in [3.63, 3.8) is 0 Å². The SMILES string of the molecule is CCC(C)(C)CNC(C)CNC(C)C. The fourth-order valence-corrected chi connectivity index (χ4v) is 1.06. The Hall–Kier alpha value is -0.0800. The molecule has 0 bridgehead atoms. The summed E-state index contributed by atoms with van der Waals surface area (Å²) in [6.45, 7) is 15.6. The minimum Gasteiger partial charge on any atom is -0.313 e. The Balaban J connectivity index is 3.58. The van der Waals surface area contributed by atoms with Gasteiger partial charge in [-0.3, -0.25) is 0 Å². The molecule has 1 unspecified atom stereocenters. The van der Waals surface area contributed by atoms with Crippen LogP contribution in [0.1, 0.15) is 48.0 Å². The molecule has 1 atom stereocenters. The van der Waals surface area contributed by atoms with Gasteiger partial charge in [-0.05, 0) is 18.8 Å². The van der Waals surface area contributed by atoms with Crippen LogP contribution < -0.4 is 10.6 Å². The van der Waals surface area contributed by atoms with Gasteiger partial charge in [0.15, 0.2) is 0 Å². The Labute approximate surface area is 89.9 Å². The topological polar surface area (TPSA) is 24.1 Å². The lowest BCUT2D eigenvalue weighted by Gasteiger charge is -2.26. The van der Waals surface area contributed by atoms with E-state index < -0.39 is 0 Å². The zero-order valence-corrected chi connectivity index (χ0v) is 10.8. The first-order valence-electron chi connectivity index (χ1n) is 5.84. The molecule has 0 aromatic carbocycles. The first-order chi connectivity index (χ1) is 6.37. The molecular weight excluding hydrogens is 172 g/mol. The third-order valence-corrected chi connectivity index (χ3v) is 2.72. The van der Waals surface area contributed by atoms with Gasteiger partial charge < -0.3 is 10.6 Å². The van der Waals surface area contributed by atoms with Crippen LogP contribution in [0.25, 0.3) is 0 Å². The van der Waals surface area contributed by atoms with Crippen molar-refractivity contribution in [1.82, 2.24) is 10.6 Å². The lowest BCUT2D eigenvalue weighted by atomic mass is 9.90. The minimum atomic E-state index is 0.423. The van der Waals surface area contributed by atoms with E-state index in [4.69, 9.17) is 0 Å². The lowest BCUT2D eigenvalue weighted by Crippen LogP contribution is -2.42. The van der Waals surface area contributed by atoms with E-state index in [0.29, 0.717) is 17.5 Å². The van der Waals surface area contributed by atoms with E-state index in [2.05, 4.69) is 52.2 Å². The number of rotatable bonds is 7. The Bertz CT molecular complexity index is 141. The molecule has 0 saturated carbocycles. The van der Waals surface area contributed by atoms with Gasteiger partial charge in [0.25, 0.3) is 0 Å². The van der Waals surface area contributed by atoms with E-state index in [1.807, 2.05) is 0 Å². The molecule has 14 heavy (non-hydrogen) atoms. The maximum Gasteiger partial charge on any atom is 0.0164 e. The van der Waals surface area contributed by atoms with Gasteiger partial charge in [-0.1, -0.05) is 34.6 Å². The monoisotopic (exact) mass is 200 g/mol. The third-order valence-electron chi connectivity index (χ3n) is 2.72. The van der Waals surface area contributed by atoms with Gasteiger partial charge in [-0.25, -0.2) is 0 Å². The summed E-state index contributed by atoms with van der Waals surface area (Å²) >= 11 is 0. The third kappa shape index (κ3) is 7.34. The van der Waals surface area contributed by atoms with Gasteiger partial charge in [0.1, 0.15) is 0 Å². The zero-order chi connectivity index (χ0) is 11.2. The fraction of sp³-hybridized carbons (Fsp3) is 1.00. The largest absolute Gasteiger partial charge is 0.313 e. The molecule has 2 heteroatoms. The number of hydrogen-bond donors (Lipinski definition) is 2. The normalized spacial score (nSPS) is 14.8. The van der Waals surface area contributed by atoms with Crippen LogP contribution in [0.2, 0.25) is 0 Å². The molecule has 86 valence electrons. The Morgan fingerprint density at radius 2 is 1.64 bits per heavy atom.